The Morgan fingerprint density at radius 3 is 2.50 bits per heavy atom. The van der Waals surface area contributed by atoms with E-state index in [0.717, 1.165) is 49.2 Å². The lowest BCUT2D eigenvalue weighted by molar-refractivity contribution is 0.219. The van der Waals surface area contributed by atoms with Crippen LogP contribution in [0.2, 0.25) is 0 Å². The van der Waals surface area contributed by atoms with Gasteiger partial charge in [0.1, 0.15) is 5.75 Å². The van der Waals surface area contributed by atoms with Gasteiger partial charge < -0.3 is 15.3 Å². The van der Waals surface area contributed by atoms with Gasteiger partial charge in [-0.25, -0.2) is 0 Å². The number of anilines is 1. The molecule has 0 bridgehead atoms. The molecular formula is C20H31N3O. The van der Waals surface area contributed by atoms with Crippen LogP contribution in [0.4, 0.5) is 5.69 Å². The van der Waals surface area contributed by atoms with Crippen LogP contribution in [-0.2, 0) is 0 Å². The first kappa shape index (κ1) is 18.5. The molecule has 0 saturated carbocycles. The summed E-state index contributed by atoms with van der Waals surface area (Å²) in [6, 6.07) is 7.37. The molecular weight excluding hydrogens is 298 g/mol. The van der Waals surface area contributed by atoms with Crippen LogP contribution in [0.1, 0.15) is 34.1 Å². The molecule has 1 heterocycles. The Hall–Kier alpha value is -1.81. The lowest BCUT2D eigenvalue weighted by atomic mass is 10.1. The van der Waals surface area contributed by atoms with E-state index in [-0.39, 0.29) is 5.75 Å². The first-order chi connectivity index (χ1) is 11.5. The fourth-order valence-corrected chi connectivity index (χ4v) is 3.13. The number of phenolic OH excluding ortho intramolecular Hbond substituents is 1. The number of pyridine rings is 1. The molecule has 1 aromatic heterocycles. The van der Waals surface area contributed by atoms with E-state index >= 15 is 0 Å². The van der Waals surface area contributed by atoms with Gasteiger partial charge in [-0.1, -0.05) is 33.8 Å². The molecule has 0 fully saturated rings. The van der Waals surface area contributed by atoms with Gasteiger partial charge in [0, 0.05) is 37.3 Å². The van der Waals surface area contributed by atoms with Crippen LogP contribution in [0.15, 0.2) is 30.5 Å². The average Bonchev–Trinajstić information content (AvgIpc) is 2.49. The van der Waals surface area contributed by atoms with Crippen molar-refractivity contribution in [1.82, 2.24) is 9.88 Å². The predicted molar refractivity (Wildman–Crippen MR) is 103 cm³/mol. The van der Waals surface area contributed by atoms with E-state index in [1.54, 1.807) is 18.3 Å². The Morgan fingerprint density at radius 2 is 1.83 bits per heavy atom. The van der Waals surface area contributed by atoms with Crippen molar-refractivity contribution in [2.24, 2.45) is 11.8 Å². The van der Waals surface area contributed by atoms with Crippen LogP contribution in [0.3, 0.4) is 0 Å². The smallest absolute Gasteiger partial charge is 0.118 e. The zero-order valence-electron chi connectivity index (χ0n) is 15.4. The number of rotatable bonds is 9. The number of nitrogens with one attached hydrogen (secondary N) is 1. The maximum atomic E-state index is 9.88. The summed E-state index contributed by atoms with van der Waals surface area (Å²) in [5.74, 6) is 1.66. The van der Waals surface area contributed by atoms with Crippen LogP contribution >= 0.6 is 0 Å². The number of aromatic hydroxyl groups is 1. The second-order valence-electron chi connectivity index (χ2n) is 7.40. The van der Waals surface area contributed by atoms with E-state index < -0.39 is 0 Å². The first-order valence-electron chi connectivity index (χ1n) is 8.99. The standard InChI is InChI=1S/C20H31N3O/c1-15(2)13-23(14-16(3)4)10-6-9-21-19-12-18(24)11-17-7-5-8-22-20(17)19/h5,7-8,11-12,15-16,21,24H,6,9-10,13-14H2,1-4H3. The number of phenols is 1. The summed E-state index contributed by atoms with van der Waals surface area (Å²) < 4.78 is 0. The SMILES string of the molecule is CC(C)CN(CCCNc1cc(O)cc2cccnc12)CC(C)C. The molecule has 0 aliphatic heterocycles. The van der Waals surface area contributed by atoms with Gasteiger partial charge in [0.25, 0.3) is 0 Å². The van der Waals surface area contributed by atoms with Crippen molar-refractivity contribution in [3.05, 3.63) is 30.5 Å². The van der Waals surface area contributed by atoms with Crippen LogP contribution in [0.5, 0.6) is 5.75 Å². The van der Waals surface area contributed by atoms with E-state index in [4.69, 9.17) is 0 Å². The van der Waals surface area contributed by atoms with Gasteiger partial charge in [-0.15, -0.1) is 0 Å². The molecule has 0 atom stereocenters. The monoisotopic (exact) mass is 329 g/mol. The topological polar surface area (TPSA) is 48.4 Å². The normalized spacial score (nSPS) is 11.8. The summed E-state index contributed by atoms with van der Waals surface area (Å²) in [5, 5.41) is 14.3. The minimum atomic E-state index is 0.277. The highest BCUT2D eigenvalue weighted by Crippen LogP contribution is 2.26. The van der Waals surface area contributed by atoms with Gasteiger partial charge in [0.05, 0.1) is 11.2 Å². The van der Waals surface area contributed by atoms with E-state index in [1.165, 1.54) is 0 Å². The fraction of sp³-hybridized carbons (Fsp3) is 0.550. The highest BCUT2D eigenvalue weighted by Gasteiger charge is 2.09. The third-order valence-electron chi connectivity index (χ3n) is 3.90. The molecule has 0 radical (unpaired) electrons. The molecule has 0 aliphatic rings. The quantitative estimate of drug-likeness (QED) is 0.671. The number of fused-ring (bicyclic) bond motifs is 1. The Kier molecular flexibility index (Phi) is 6.85. The molecule has 1 aromatic carbocycles. The average molecular weight is 329 g/mol. The van der Waals surface area contributed by atoms with Crippen molar-refractivity contribution in [1.29, 1.82) is 0 Å². The Morgan fingerprint density at radius 1 is 1.12 bits per heavy atom. The second kappa shape index (κ2) is 8.88. The number of aromatic nitrogens is 1. The maximum absolute atomic E-state index is 9.88. The lowest BCUT2D eigenvalue weighted by Gasteiger charge is -2.26. The molecule has 0 amide bonds. The number of hydrogen-bond donors (Lipinski definition) is 2. The van der Waals surface area contributed by atoms with Crippen molar-refractivity contribution in [3.63, 3.8) is 0 Å². The van der Waals surface area contributed by atoms with E-state index in [9.17, 15) is 5.11 Å². The van der Waals surface area contributed by atoms with Crippen molar-refractivity contribution in [3.8, 4) is 5.75 Å². The molecule has 0 unspecified atom stereocenters. The summed E-state index contributed by atoms with van der Waals surface area (Å²) >= 11 is 0. The largest absolute Gasteiger partial charge is 0.508 e. The molecule has 0 spiro atoms. The highest BCUT2D eigenvalue weighted by molar-refractivity contribution is 5.91. The third kappa shape index (κ3) is 5.68. The van der Waals surface area contributed by atoms with Gasteiger partial charge in [-0.05, 0) is 36.9 Å². The summed E-state index contributed by atoms with van der Waals surface area (Å²) in [5.41, 5.74) is 1.82. The van der Waals surface area contributed by atoms with Gasteiger partial charge >= 0.3 is 0 Å². The molecule has 4 heteroatoms. The fourth-order valence-electron chi connectivity index (χ4n) is 3.13. The molecule has 0 saturated heterocycles. The van der Waals surface area contributed by atoms with Crippen molar-refractivity contribution >= 4 is 16.6 Å². The Labute approximate surface area is 145 Å². The van der Waals surface area contributed by atoms with E-state index in [0.29, 0.717) is 11.8 Å². The predicted octanol–water partition coefficient (Wildman–Crippen LogP) is 4.36. The van der Waals surface area contributed by atoms with Gasteiger partial charge in [-0.2, -0.15) is 0 Å². The van der Waals surface area contributed by atoms with Crippen LogP contribution in [0, 0.1) is 11.8 Å². The minimum absolute atomic E-state index is 0.277. The van der Waals surface area contributed by atoms with Crippen LogP contribution in [0.25, 0.3) is 10.9 Å². The van der Waals surface area contributed by atoms with Crippen molar-refractivity contribution < 1.29 is 5.11 Å². The number of hydrogen-bond acceptors (Lipinski definition) is 4. The van der Waals surface area contributed by atoms with E-state index in [2.05, 4.69) is 42.9 Å². The van der Waals surface area contributed by atoms with Crippen molar-refractivity contribution in [2.75, 3.05) is 31.5 Å². The number of nitrogens with zero attached hydrogens (tertiary/aromatic N) is 2. The molecule has 132 valence electrons. The molecule has 2 rings (SSSR count). The molecule has 4 nitrogen and oxygen atoms in total. The highest BCUT2D eigenvalue weighted by atomic mass is 16.3. The lowest BCUT2D eigenvalue weighted by Crippen LogP contribution is -2.33. The summed E-state index contributed by atoms with van der Waals surface area (Å²) in [4.78, 5) is 6.98. The van der Waals surface area contributed by atoms with Crippen LogP contribution < -0.4 is 5.32 Å². The number of benzene rings is 1. The zero-order chi connectivity index (χ0) is 17.5. The second-order valence-corrected chi connectivity index (χ2v) is 7.40. The van der Waals surface area contributed by atoms with Gasteiger partial charge in [0.2, 0.25) is 0 Å². The maximum Gasteiger partial charge on any atom is 0.118 e. The minimum Gasteiger partial charge on any atom is -0.508 e. The zero-order valence-corrected chi connectivity index (χ0v) is 15.4. The van der Waals surface area contributed by atoms with Crippen molar-refractivity contribution in [2.45, 2.75) is 34.1 Å². The summed E-state index contributed by atoms with van der Waals surface area (Å²) in [6.07, 6.45) is 2.86. The molecule has 2 N–H and O–H groups in total. The molecule has 24 heavy (non-hydrogen) atoms. The molecule has 2 aromatic rings. The first-order valence-corrected chi connectivity index (χ1v) is 8.99. The van der Waals surface area contributed by atoms with E-state index in [1.807, 2.05) is 12.1 Å². The Bertz CT molecular complexity index is 630. The molecule has 0 aliphatic carbocycles. The van der Waals surface area contributed by atoms with Gasteiger partial charge in [0.15, 0.2) is 0 Å². The Balaban J connectivity index is 1.91. The summed E-state index contributed by atoms with van der Waals surface area (Å²) in [7, 11) is 0. The van der Waals surface area contributed by atoms with Gasteiger partial charge in [-0.3, -0.25) is 4.98 Å². The third-order valence-corrected chi connectivity index (χ3v) is 3.90. The summed E-state index contributed by atoms with van der Waals surface area (Å²) in [6.45, 7) is 13.4. The van der Waals surface area contributed by atoms with Crippen LogP contribution in [-0.4, -0.2) is 41.2 Å².